The molecule has 5 rings (SSSR count). The van der Waals surface area contributed by atoms with Crippen LogP contribution in [0.5, 0.6) is 0 Å². The Morgan fingerprint density at radius 2 is 1.73 bits per heavy atom. The van der Waals surface area contributed by atoms with E-state index in [0.29, 0.717) is 22.6 Å². The molecule has 6 nitrogen and oxygen atoms in total. The maximum Gasteiger partial charge on any atom is 0.259 e. The molecule has 2 aromatic carbocycles. The van der Waals surface area contributed by atoms with Gasteiger partial charge in [-0.15, -0.1) is 0 Å². The molecule has 3 aromatic rings. The Morgan fingerprint density at radius 3 is 2.47 bits per heavy atom. The zero-order valence-corrected chi connectivity index (χ0v) is 16.7. The summed E-state index contributed by atoms with van der Waals surface area (Å²) < 4.78 is 5.75. The maximum absolute atomic E-state index is 13.8. The van der Waals surface area contributed by atoms with Crippen LogP contribution in [0.4, 0.5) is 11.4 Å². The summed E-state index contributed by atoms with van der Waals surface area (Å²) in [6.07, 6.45) is 1.56. The molecule has 1 atom stereocenters. The summed E-state index contributed by atoms with van der Waals surface area (Å²) in [7, 11) is 0. The van der Waals surface area contributed by atoms with Crippen LogP contribution in [0.2, 0.25) is 0 Å². The molecule has 1 aromatic heterocycles. The second kappa shape index (κ2) is 6.62. The van der Waals surface area contributed by atoms with Crippen molar-refractivity contribution in [2.75, 3.05) is 10.2 Å². The van der Waals surface area contributed by atoms with Gasteiger partial charge in [-0.3, -0.25) is 14.5 Å². The maximum atomic E-state index is 13.8. The smallest absolute Gasteiger partial charge is 0.259 e. The summed E-state index contributed by atoms with van der Waals surface area (Å²) in [4.78, 5) is 28.6. The highest BCUT2D eigenvalue weighted by atomic mass is 16.3. The standard InChI is InChI=1S/C24H21N3O3/c1-24(2)21-19(22(28)26-24)20(18-13-8-14-30-18)27(17-12-7-6-11-16(17)25-21)23(29)15-9-4-3-5-10-15/h3-14,20,25H,1-2H3,(H,26,28). The summed E-state index contributed by atoms with van der Waals surface area (Å²) in [5.74, 6) is 0.0956. The van der Waals surface area contributed by atoms with Gasteiger partial charge in [0.2, 0.25) is 0 Å². The molecule has 30 heavy (non-hydrogen) atoms. The van der Waals surface area contributed by atoms with E-state index in [0.717, 1.165) is 11.4 Å². The van der Waals surface area contributed by atoms with Crippen molar-refractivity contribution < 1.29 is 14.0 Å². The lowest BCUT2D eigenvalue weighted by Gasteiger charge is -2.31. The highest BCUT2D eigenvalue weighted by molar-refractivity contribution is 6.12. The summed E-state index contributed by atoms with van der Waals surface area (Å²) >= 11 is 0. The van der Waals surface area contributed by atoms with E-state index in [-0.39, 0.29) is 11.8 Å². The molecule has 0 saturated carbocycles. The molecule has 2 aliphatic rings. The molecule has 6 heteroatoms. The number of nitrogens with zero attached hydrogens (tertiary/aromatic N) is 1. The molecule has 2 N–H and O–H groups in total. The number of carbonyl (C=O) groups excluding carboxylic acids is 2. The van der Waals surface area contributed by atoms with Crippen molar-refractivity contribution in [1.82, 2.24) is 5.32 Å². The minimum atomic E-state index is -0.708. The number of hydrogen-bond donors (Lipinski definition) is 2. The highest BCUT2D eigenvalue weighted by Crippen LogP contribution is 2.46. The van der Waals surface area contributed by atoms with Crippen molar-refractivity contribution in [1.29, 1.82) is 0 Å². The number of anilines is 2. The Balaban J connectivity index is 1.80. The van der Waals surface area contributed by atoms with E-state index in [2.05, 4.69) is 10.6 Å². The molecule has 0 fully saturated rings. The van der Waals surface area contributed by atoms with Crippen LogP contribution in [0.1, 0.15) is 36.0 Å². The number of furan rings is 1. The van der Waals surface area contributed by atoms with Crippen molar-refractivity contribution in [3.05, 3.63) is 95.6 Å². The third-order valence-corrected chi connectivity index (χ3v) is 5.57. The van der Waals surface area contributed by atoms with E-state index < -0.39 is 11.6 Å². The first-order valence-corrected chi connectivity index (χ1v) is 9.82. The Kier molecular flexibility index (Phi) is 4.03. The lowest BCUT2D eigenvalue weighted by Crippen LogP contribution is -2.41. The zero-order chi connectivity index (χ0) is 20.9. The van der Waals surface area contributed by atoms with E-state index >= 15 is 0 Å². The van der Waals surface area contributed by atoms with Gasteiger partial charge in [0.15, 0.2) is 0 Å². The van der Waals surface area contributed by atoms with E-state index in [1.54, 1.807) is 35.4 Å². The molecule has 0 aliphatic carbocycles. The molecule has 1 unspecified atom stereocenters. The van der Waals surface area contributed by atoms with Crippen molar-refractivity contribution in [3.63, 3.8) is 0 Å². The van der Waals surface area contributed by atoms with Crippen LogP contribution in [0.3, 0.4) is 0 Å². The minimum absolute atomic E-state index is 0.211. The van der Waals surface area contributed by atoms with Gasteiger partial charge in [-0.05, 0) is 50.2 Å². The van der Waals surface area contributed by atoms with Gasteiger partial charge in [0.25, 0.3) is 11.8 Å². The summed E-state index contributed by atoms with van der Waals surface area (Å²) in [5, 5.41) is 6.46. The minimum Gasteiger partial charge on any atom is -0.467 e. The van der Waals surface area contributed by atoms with E-state index in [1.165, 1.54) is 0 Å². The van der Waals surface area contributed by atoms with Crippen LogP contribution < -0.4 is 15.5 Å². The summed E-state index contributed by atoms with van der Waals surface area (Å²) in [6, 6.07) is 19.5. The topological polar surface area (TPSA) is 74.6 Å². The molecule has 0 spiro atoms. The average Bonchev–Trinajstić information content (AvgIpc) is 3.30. The van der Waals surface area contributed by atoms with Gasteiger partial charge in [-0.2, -0.15) is 0 Å². The van der Waals surface area contributed by atoms with Gasteiger partial charge in [-0.25, -0.2) is 0 Å². The van der Waals surface area contributed by atoms with Gasteiger partial charge in [-0.1, -0.05) is 30.3 Å². The molecule has 150 valence electrons. The second-order valence-electron chi connectivity index (χ2n) is 7.97. The van der Waals surface area contributed by atoms with Gasteiger partial charge in [0, 0.05) is 5.56 Å². The van der Waals surface area contributed by atoms with Crippen LogP contribution in [0.25, 0.3) is 0 Å². The molecule has 0 saturated heterocycles. The van der Waals surface area contributed by atoms with Gasteiger partial charge < -0.3 is 15.1 Å². The molecular weight excluding hydrogens is 378 g/mol. The number of amides is 2. The van der Waals surface area contributed by atoms with Crippen LogP contribution in [-0.2, 0) is 4.79 Å². The molecular formula is C24H21N3O3. The fourth-order valence-electron chi connectivity index (χ4n) is 4.20. The summed E-state index contributed by atoms with van der Waals surface area (Å²) in [6.45, 7) is 3.88. The van der Waals surface area contributed by atoms with Crippen LogP contribution >= 0.6 is 0 Å². The Labute approximate surface area is 174 Å². The number of fused-ring (bicyclic) bond motifs is 1. The number of para-hydroxylation sites is 2. The number of hydrogen-bond acceptors (Lipinski definition) is 4. The Bertz CT molecular complexity index is 1160. The van der Waals surface area contributed by atoms with Crippen LogP contribution in [0.15, 0.2) is 88.7 Å². The van der Waals surface area contributed by atoms with E-state index in [9.17, 15) is 9.59 Å². The van der Waals surface area contributed by atoms with Gasteiger partial charge in [0.1, 0.15) is 11.8 Å². The zero-order valence-electron chi connectivity index (χ0n) is 16.7. The van der Waals surface area contributed by atoms with E-state index in [4.69, 9.17) is 4.42 Å². The van der Waals surface area contributed by atoms with E-state index in [1.807, 2.05) is 56.3 Å². The van der Waals surface area contributed by atoms with Crippen molar-refractivity contribution in [3.8, 4) is 0 Å². The quantitative estimate of drug-likeness (QED) is 0.675. The Morgan fingerprint density at radius 1 is 1.00 bits per heavy atom. The van der Waals surface area contributed by atoms with Crippen molar-refractivity contribution in [2.45, 2.75) is 25.4 Å². The SMILES string of the molecule is CC1(C)NC(=O)C2=C1Nc1ccccc1N(C(=O)c1ccccc1)C2c1ccco1. The normalized spacial score (nSPS) is 19.5. The third kappa shape index (κ3) is 2.72. The van der Waals surface area contributed by atoms with Crippen LogP contribution in [0, 0.1) is 0 Å². The van der Waals surface area contributed by atoms with Crippen molar-refractivity contribution in [2.24, 2.45) is 0 Å². The summed E-state index contributed by atoms with van der Waals surface area (Å²) in [5.41, 5.74) is 2.58. The molecule has 2 amide bonds. The molecule has 0 radical (unpaired) electrons. The van der Waals surface area contributed by atoms with Crippen LogP contribution in [-0.4, -0.2) is 17.4 Å². The number of carbonyl (C=O) groups is 2. The molecule has 2 aliphatic heterocycles. The fraction of sp³-hybridized carbons (Fsp3) is 0.167. The first-order chi connectivity index (χ1) is 14.5. The third-order valence-electron chi connectivity index (χ3n) is 5.57. The number of nitrogens with one attached hydrogen (secondary N) is 2. The fourth-order valence-corrected chi connectivity index (χ4v) is 4.20. The lowest BCUT2D eigenvalue weighted by molar-refractivity contribution is -0.117. The first-order valence-electron chi connectivity index (χ1n) is 9.82. The van der Waals surface area contributed by atoms with Gasteiger partial charge in [0.05, 0.1) is 34.4 Å². The molecule has 3 heterocycles. The average molecular weight is 399 g/mol. The predicted octanol–water partition coefficient (Wildman–Crippen LogP) is 4.26. The van der Waals surface area contributed by atoms with Gasteiger partial charge >= 0.3 is 0 Å². The number of rotatable bonds is 2. The monoisotopic (exact) mass is 399 g/mol. The molecule has 0 bridgehead atoms. The number of benzene rings is 2. The lowest BCUT2D eigenvalue weighted by atomic mass is 9.95. The Hall–Kier alpha value is -3.80. The highest BCUT2D eigenvalue weighted by Gasteiger charge is 2.48. The predicted molar refractivity (Wildman–Crippen MR) is 114 cm³/mol. The first kappa shape index (κ1) is 18.2. The largest absolute Gasteiger partial charge is 0.467 e. The van der Waals surface area contributed by atoms with Crippen molar-refractivity contribution >= 4 is 23.2 Å². The second-order valence-corrected chi connectivity index (χ2v) is 7.97.